The van der Waals surface area contributed by atoms with Crippen LogP contribution in [-0.4, -0.2) is 30.5 Å². The van der Waals surface area contributed by atoms with E-state index in [1.54, 1.807) is 18.2 Å². The lowest BCUT2D eigenvalue weighted by Gasteiger charge is -2.13. The van der Waals surface area contributed by atoms with E-state index in [4.69, 9.17) is 16.3 Å². The zero-order valence-electron chi connectivity index (χ0n) is 21.9. The van der Waals surface area contributed by atoms with Crippen molar-refractivity contribution >= 4 is 46.9 Å². The zero-order valence-corrected chi connectivity index (χ0v) is 22.6. The fraction of sp³-hybridized carbons (Fsp3) is 0.241. The van der Waals surface area contributed by atoms with Gasteiger partial charge in [-0.2, -0.15) is 5.10 Å². The molecule has 0 fully saturated rings. The third-order valence-corrected chi connectivity index (χ3v) is 6.17. The molecule has 0 atom stereocenters. The second-order valence-corrected chi connectivity index (χ2v) is 9.07. The van der Waals surface area contributed by atoms with E-state index in [0.29, 0.717) is 40.6 Å². The summed E-state index contributed by atoms with van der Waals surface area (Å²) >= 11 is 6.11. The minimum atomic E-state index is -0.925. The average molecular weight is 535 g/mol. The lowest BCUT2D eigenvalue weighted by atomic mass is 10.0. The Kier molecular flexibility index (Phi) is 10.0. The van der Waals surface area contributed by atoms with Crippen molar-refractivity contribution in [2.45, 2.75) is 40.5 Å². The number of nitrogens with one attached hydrogen (secondary N) is 3. The minimum absolute atomic E-state index is 0.249. The third-order valence-electron chi connectivity index (χ3n) is 5.93. The van der Waals surface area contributed by atoms with Gasteiger partial charge in [0.25, 0.3) is 5.91 Å². The SMILES string of the molecule is CCc1cccc(CC)c1NC(=O)C(=O)N/N=C\c1cc(Cl)ccc1OCC(=O)Nc1ccc(C)c(C)c1. The molecule has 0 saturated heterocycles. The van der Waals surface area contributed by atoms with Crippen molar-refractivity contribution in [3.63, 3.8) is 0 Å². The van der Waals surface area contributed by atoms with E-state index in [9.17, 15) is 14.4 Å². The summed E-state index contributed by atoms with van der Waals surface area (Å²) in [6.07, 6.45) is 2.72. The predicted octanol–water partition coefficient (Wildman–Crippen LogP) is 5.19. The first-order valence-electron chi connectivity index (χ1n) is 12.3. The molecular weight excluding hydrogens is 504 g/mol. The first-order chi connectivity index (χ1) is 18.2. The van der Waals surface area contributed by atoms with Crippen LogP contribution in [0.25, 0.3) is 0 Å². The number of carbonyl (C=O) groups excluding carboxylic acids is 3. The van der Waals surface area contributed by atoms with E-state index in [1.165, 1.54) is 6.21 Å². The van der Waals surface area contributed by atoms with E-state index in [1.807, 2.05) is 64.1 Å². The quantitative estimate of drug-likeness (QED) is 0.199. The summed E-state index contributed by atoms with van der Waals surface area (Å²) < 4.78 is 5.66. The molecule has 0 radical (unpaired) electrons. The lowest BCUT2D eigenvalue weighted by Crippen LogP contribution is -2.33. The molecule has 8 nitrogen and oxygen atoms in total. The summed E-state index contributed by atoms with van der Waals surface area (Å²) in [5, 5.41) is 9.77. The van der Waals surface area contributed by atoms with Crippen LogP contribution in [0.4, 0.5) is 11.4 Å². The fourth-order valence-corrected chi connectivity index (χ4v) is 3.88. The highest BCUT2D eigenvalue weighted by atomic mass is 35.5. The van der Waals surface area contributed by atoms with Gasteiger partial charge in [-0.05, 0) is 79.3 Å². The molecule has 0 unspecified atom stereocenters. The maximum Gasteiger partial charge on any atom is 0.329 e. The van der Waals surface area contributed by atoms with Crippen LogP contribution in [0.2, 0.25) is 5.02 Å². The largest absolute Gasteiger partial charge is 0.483 e. The number of aryl methyl sites for hydroxylation is 4. The molecule has 3 aromatic carbocycles. The predicted molar refractivity (Wildman–Crippen MR) is 151 cm³/mol. The monoisotopic (exact) mass is 534 g/mol. The summed E-state index contributed by atoms with van der Waals surface area (Å²) in [7, 11) is 0. The summed E-state index contributed by atoms with van der Waals surface area (Å²) in [5.74, 6) is -1.76. The number of anilines is 2. The highest BCUT2D eigenvalue weighted by Gasteiger charge is 2.16. The highest BCUT2D eigenvalue weighted by Crippen LogP contribution is 2.23. The standard InChI is InChI=1S/C29H31ClN4O4/c1-5-20-8-7-9-21(6-2)27(20)33-28(36)29(37)34-31-16-22-15-23(30)11-13-25(22)38-17-26(35)32-24-12-10-18(3)19(4)14-24/h7-16H,5-6,17H2,1-4H3,(H,32,35)(H,33,36)(H,34,37)/b31-16-. The lowest BCUT2D eigenvalue weighted by molar-refractivity contribution is -0.136. The summed E-state index contributed by atoms with van der Waals surface area (Å²) in [4.78, 5) is 37.2. The smallest absolute Gasteiger partial charge is 0.329 e. The van der Waals surface area contributed by atoms with Gasteiger partial charge in [-0.1, -0.05) is 49.7 Å². The number of rotatable bonds is 9. The Morgan fingerprint density at radius 3 is 2.26 bits per heavy atom. The molecule has 9 heteroatoms. The summed E-state index contributed by atoms with van der Waals surface area (Å²) in [6, 6.07) is 16.2. The van der Waals surface area contributed by atoms with Crippen molar-refractivity contribution in [2.24, 2.45) is 5.10 Å². The Morgan fingerprint density at radius 1 is 0.895 bits per heavy atom. The number of hydrogen-bond donors (Lipinski definition) is 3. The van der Waals surface area contributed by atoms with Crippen LogP contribution < -0.4 is 20.8 Å². The van der Waals surface area contributed by atoms with Crippen LogP contribution in [-0.2, 0) is 27.2 Å². The second-order valence-electron chi connectivity index (χ2n) is 8.63. The molecule has 0 aromatic heterocycles. The molecule has 0 spiro atoms. The number of benzene rings is 3. The van der Waals surface area contributed by atoms with Gasteiger partial charge in [0.05, 0.1) is 6.21 Å². The second kappa shape index (κ2) is 13.4. The van der Waals surface area contributed by atoms with Gasteiger partial charge in [-0.3, -0.25) is 14.4 Å². The van der Waals surface area contributed by atoms with Crippen LogP contribution in [0.1, 0.15) is 41.7 Å². The maximum atomic E-state index is 12.5. The van der Waals surface area contributed by atoms with Gasteiger partial charge in [0.15, 0.2) is 6.61 Å². The number of halogens is 1. The van der Waals surface area contributed by atoms with Crippen molar-refractivity contribution in [3.05, 3.63) is 87.4 Å². The molecule has 0 aliphatic carbocycles. The number of hydrazone groups is 1. The molecule has 0 aliphatic rings. The van der Waals surface area contributed by atoms with Crippen LogP contribution in [0, 0.1) is 13.8 Å². The van der Waals surface area contributed by atoms with Gasteiger partial charge in [0.2, 0.25) is 0 Å². The average Bonchev–Trinajstić information content (AvgIpc) is 2.90. The van der Waals surface area contributed by atoms with Crippen LogP contribution in [0.3, 0.4) is 0 Å². The molecule has 3 N–H and O–H groups in total. The Hall–Kier alpha value is -4.17. The molecule has 0 aliphatic heterocycles. The molecule has 3 aromatic rings. The van der Waals surface area contributed by atoms with Crippen molar-refractivity contribution in [2.75, 3.05) is 17.2 Å². The van der Waals surface area contributed by atoms with Crippen molar-refractivity contribution in [1.29, 1.82) is 0 Å². The van der Waals surface area contributed by atoms with E-state index in [2.05, 4.69) is 21.2 Å². The van der Waals surface area contributed by atoms with Crippen molar-refractivity contribution in [1.82, 2.24) is 5.43 Å². The van der Waals surface area contributed by atoms with Gasteiger partial charge in [0, 0.05) is 22.0 Å². The van der Waals surface area contributed by atoms with E-state index < -0.39 is 11.8 Å². The van der Waals surface area contributed by atoms with E-state index in [0.717, 1.165) is 22.3 Å². The summed E-state index contributed by atoms with van der Waals surface area (Å²) in [6.45, 7) is 7.67. The summed E-state index contributed by atoms with van der Waals surface area (Å²) in [5.41, 5.74) is 8.04. The molecular formula is C29H31ClN4O4. The molecule has 0 saturated carbocycles. The highest BCUT2D eigenvalue weighted by molar-refractivity contribution is 6.39. The third kappa shape index (κ3) is 7.66. The van der Waals surface area contributed by atoms with Crippen LogP contribution in [0.15, 0.2) is 59.7 Å². The van der Waals surface area contributed by atoms with Crippen molar-refractivity contribution in [3.8, 4) is 5.75 Å². The van der Waals surface area contributed by atoms with E-state index in [-0.39, 0.29) is 12.5 Å². The minimum Gasteiger partial charge on any atom is -0.483 e. The van der Waals surface area contributed by atoms with Gasteiger partial charge >= 0.3 is 11.8 Å². The first kappa shape index (κ1) is 28.4. The Labute approximate surface area is 227 Å². The number of para-hydroxylation sites is 1. The zero-order chi connectivity index (χ0) is 27.7. The van der Waals surface area contributed by atoms with E-state index >= 15 is 0 Å². The maximum absolute atomic E-state index is 12.5. The molecule has 38 heavy (non-hydrogen) atoms. The van der Waals surface area contributed by atoms with Crippen LogP contribution >= 0.6 is 11.6 Å². The topological polar surface area (TPSA) is 109 Å². The number of hydrogen-bond acceptors (Lipinski definition) is 5. The van der Waals surface area contributed by atoms with Crippen molar-refractivity contribution < 1.29 is 19.1 Å². The Bertz CT molecular complexity index is 1350. The number of carbonyl (C=O) groups is 3. The fourth-order valence-electron chi connectivity index (χ4n) is 3.70. The van der Waals surface area contributed by atoms with Gasteiger partial charge < -0.3 is 15.4 Å². The molecule has 3 amide bonds. The normalized spacial score (nSPS) is 10.8. The molecule has 0 heterocycles. The molecule has 0 bridgehead atoms. The Morgan fingerprint density at radius 2 is 1.61 bits per heavy atom. The first-order valence-corrected chi connectivity index (χ1v) is 12.6. The van der Waals surface area contributed by atoms with Crippen LogP contribution in [0.5, 0.6) is 5.75 Å². The Balaban J connectivity index is 1.61. The number of ether oxygens (including phenoxy) is 1. The molecule has 198 valence electrons. The number of nitrogens with zero attached hydrogens (tertiary/aromatic N) is 1. The van der Waals surface area contributed by atoms with Gasteiger partial charge in [-0.15, -0.1) is 0 Å². The number of amides is 3. The van der Waals surface area contributed by atoms with Gasteiger partial charge in [0.1, 0.15) is 5.75 Å². The van der Waals surface area contributed by atoms with Gasteiger partial charge in [-0.25, -0.2) is 5.43 Å². The molecule has 3 rings (SSSR count).